The Hall–Kier alpha value is -0.960. The molecule has 0 aromatic heterocycles. The summed E-state index contributed by atoms with van der Waals surface area (Å²) >= 11 is 4.26. The highest BCUT2D eigenvalue weighted by Crippen LogP contribution is 2.29. The fraction of sp³-hybridized carbons (Fsp3) is 0.364. The molecule has 0 fully saturated rings. The van der Waals surface area contributed by atoms with Gasteiger partial charge in [0.05, 0.1) is 5.92 Å². The molecule has 0 radical (unpaired) electrons. The minimum atomic E-state index is -0.790. The Morgan fingerprint density at radius 3 is 2.36 bits per heavy atom. The van der Waals surface area contributed by atoms with Gasteiger partial charge in [-0.15, -0.1) is 12.6 Å². The number of hydrogen-bond acceptors (Lipinski definition) is 2. The molecule has 1 aromatic rings. The van der Waals surface area contributed by atoms with E-state index in [1.54, 1.807) is 0 Å². The van der Waals surface area contributed by atoms with Crippen LogP contribution in [0.4, 0.5) is 0 Å². The molecule has 14 heavy (non-hydrogen) atoms. The number of carboxylic acids is 1. The van der Waals surface area contributed by atoms with E-state index in [-0.39, 0.29) is 5.92 Å². The summed E-state index contributed by atoms with van der Waals surface area (Å²) in [7, 11) is 0. The first-order valence-corrected chi connectivity index (χ1v) is 4.99. The summed E-state index contributed by atoms with van der Waals surface area (Å²) in [5.74, 6) is -1.19. The minimum Gasteiger partial charge on any atom is -0.481 e. The van der Waals surface area contributed by atoms with Crippen molar-refractivity contribution in [2.75, 3.05) is 0 Å². The molecule has 0 aliphatic rings. The van der Waals surface area contributed by atoms with Gasteiger partial charge in [-0.25, -0.2) is 0 Å². The van der Waals surface area contributed by atoms with E-state index in [0.29, 0.717) is 0 Å². The molecule has 0 bridgehead atoms. The van der Waals surface area contributed by atoms with Crippen LogP contribution >= 0.6 is 12.6 Å². The van der Waals surface area contributed by atoms with Gasteiger partial charge in [0.2, 0.25) is 0 Å². The summed E-state index contributed by atoms with van der Waals surface area (Å²) in [6, 6.07) is 7.33. The number of rotatable bonds is 3. The molecular weight excluding hydrogens is 196 g/mol. The Balaban J connectivity index is 3.12. The molecule has 1 atom stereocenters. The average molecular weight is 210 g/mol. The van der Waals surface area contributed by atoms with Gasteiger partial charge in [-0.3, -0.25) is 4.79 Å². The van der Waals surface area contributed by atoms with Crippen molar-refractivity contribution >= 4 is 18.6 Å². The Labute approximate surface area is 89.4 Å². The van der Waals surface area contributed by atoms with Crippen molar-refractivity contribution in [2.45, 2.75) is 24.7 Å². The molecule has 0 saturated carbocycles. The van der Waals surface area contributed by atoms with Crippen LogP contribution in [-0.4, -0.2) is 11.1 Å². The topological polar surface area (TPSA) is 37.3 Å². The van der Waals surface area contributed by atoms with Crippen LogP contribution in [0.5, 0.6) is 0 Å². The number of thiol groups is 1. The molecule has 0 aliphatic heterocycles. The molecule has 1 rings (SSSR count). The quantitative estimate of drug-likeness (QED) is 0.753. The van der Waals surface area contributed by atoms with Crippen LogP contribution in [-0.2, 0) is 4.79 Å². The van der Waals surface area contributed by atoms with Gasteiger partial charge in [0, 0.05) is 4.90 Å². The van der Waals surface area contributed by atoms with Crippen LogP contribution in [0.25, 0.3) is 0 Å². The first kappa shape index (κ1) is 11.1. The van der Waals surface area contributed by atoms with E-state index in [2.05, 4.69) is 12.6 Å². The summed E-state index contributed by atoms with van der Waals surface area (Å²) in [5, 5.41) is 9.09. The highest BCUT2D eigenvalue weighted by Gasteiger charge is 2.24. The normalized spacial score (nSPS) is 12.9. The fourth-order valence-corrected chi connectivity index (χ4v) is 1.83. The van der Waals surface area contributed by atoms with Crippen LogP contribution in [0.15, 0.2) is 29.2 Å². The number of hydrogen-bond donors (Lipinski definition) is 2. The van der Waals surface area contributed by atoms with Crippen LogP contribution in [0.1, 0.15) is 25.3 Å². The van der Waals surface area contributed by atoms with E-state index in [1.807, 2.05) is 38.1 Å². The summed E-state index contributed by atoms with van der Waals surface area (Å²) in [6.45, 7) is 3.80. The third-order valence-electron chi connectivity index (χ3n) is 2.20. The smallest absolute Gasteiger partial charge is 0.311 e. The average Bonchev–Trinajstić information content (AvgIpc) is 2.07. The van der Waals surface area contributed by atoms with E-state index in [1.165, 1.54) is 0 Å². The van der Waals surface area contributed by atoms with Crippen molar-refractivity contribution in [3.05, 3.63) is 29.8 Å². The van der Waals surface area contributed by atoms with E-state index in [0.717, 1.165) is 10.5 Å². The highest BCUT2D eigenvalue weighted by atomic mass is 32.1. The van der Waals surface area contributed by atoms with Gasteiger partial charge < -0.3 is 5.11 Å². The zero-order valence-electron chi connectivity index (χ0n) is 8.27. The van der Waals surface area contributed by atoms with Crippen LogP contribution in [0.3, 0.4) is 0 Å². The van der Waals surface area contributed by atoms with Crippen molar-refractivity contribution in [1.82, 2.24) is 0 Å². The van der Waals surface area contributed by atoms with Gasteiger partial charge in [0.25, 0.3) is 0 Å². The molecule has 1 unspecified atom stereocenters. The maximum Gasteiger partial charge on any atom is 0.311 e. The fourth-order valence-electron chi connectivity index (χ4n) is 1.53. The number of aliphatic carboxylic acids is 1. The van der Waals surface area contributed by atoms with Gasteiger partial charge in [0.1, 0.15) is 0 Å². The van der Waals surface area contributed by atoms with E-state index in [9.17, 15) is 4.79 Å². The second-order valence-corrected chi connectivity index (χ2v) is 4.10. The van der Waals surface area contributed by atoms with Crippen molar-refractivity contribution in [1.29, 1.82) is 0 Å². The standard InChI is InChI=1S/C11H14O2S/c1-7(2)10(11(12)13)8-5-3-4-6-9(8)14/h3-7,10,14H,1-2H3,(H,12,13). The van der Waals surface area contributed by atoms with Gasteiger partial charge in [-0.2, -0.15) is 0 Å². The zero-order valence-corrected chi connectivity index (χ0v) is 9.16. The second kappa shape index (κ2) is 4.51. The lowest BCUT2D eigenvalue weighted by Crippen LogP contribution is -2.17. The second-order valence-electron chi connectivity index (χ2n) is 3.62. The Morgan fingerprint density at radius 1 is 1.36 bits per heavy atom. The molecule has 0 aliphatic carbocycles. The van der Waals surface area contributed by atoms with Gasteiger partial charge in [0.15, 0.2) is 0 Å². The first-order valence-electron chi connectivity index (χ1n) is 4.54. The molecule has 0 saturated heterocycles. The molecule has 0 spiro atoms. The predicted molar refractivity (Wildman–Crippen MR) is 58.9 cm³/mol. The van der Waals surface area contributed by atoms with Crippen LogP contribution in [0.2, 0.25) is 0 Å². The summed E-state index contributed by atoms with van der Waals surface area (Å²) in [5.41, 5.74) is 0.790. The van der Waals surface area contributed by atoms with E-state index < -0.39 is 11.9 Å². The predicted octanol–water partition coefficient (Wildman–Crippen LogP) is 2.80. The Morgan fingerprint density at radius 2 is 1.93 bits per heavy atom. The lowest BCUT2D eigenvalue weighted by atomic mass is 9.88. The molecule has 0 heterocycles. The Bertz CT molecular complexity index is 334. The summed E-state index contributed by atoms with van der Waals surface area (Å²) in [6.07, 6.45) is 0. The van der Waals surface area contributed by atoms with Crippen LogP contribution < -0.4 is 0 Å². The van der Waals surface area contributed by atoms with Gasteiger partial charge >= 0.3 is 5.97 Å². The maximum atomic E-state index is 11.1. The number of carbonyl (C=O) groups is 1. The van der Waals surface area contributed by atoms with Crippen molar-refractivity contribution in [2.24, 2.45) is 5.92 Å². The molecule has 0 amide bonds. The molecule has 2 nitrogen and oxygen atoms in total. The SMILES string of the molecule is CC(C)C(C(=O)O)c1ccccc1S. The monoisotopic (exact) mass is 210 g/mol. The highest BCUT2D eigenvalue weighted by molar-refractivity contribution is 7.80. The van der Waals surface area contributed by atoms with Gasteiger partial charge in [-0.1, -0.05) is 32.0 Å². The third-order valence-corrected chi connectivity index (χ3v) is 2.61. The molecule has 1 N–H and O–H groups in total. The Kier molecular flexibility index (Phi) is 3.58. The third kappa shape index (κ3) is 2.29. The largest absolute Gasteiger partial charge is 0.481 e. The lowest BCUT2D eigenvalue weighted by Gasteiger charge is -2.17. The summed E-state index contributed by atoms with van der Waals surface area (Å²) in [4.78, 5) is 11.8. The lowest BCUT2D eigenvalue weighted by molar-refractivity contribution is -0.139. The van der Waals surface area contributed by atoms with Gasteiger partial charge in [-0.05, 0) is 17.5 Å². The van der Waals surface area contributed by atoms with Crippen molar-refractivity contribution in [3.63, 3.8) is 0 Å². The summed E-state index contributed by atoms with van der Waals surface area (Å²) < 4.78 is 0. The van der Waals surface area contributed by atoms with Crippen molar-refractivity contribution in [3.8, 4) is 0 Å². The van der Waals surface area contributed by atoms with Crippen molar-refractivity contribution < 1.29 is 9.90 Å². The number of benzene rings is 1. The van der Waals surface area contributed by atoms with E-state index in [4.69, 9.17) is 5.11 Å². The zero-order chi connectivity index (χ0) is 10.7. The van der Waals surface area contributed by atoms with Crippen LogP contribution in [0, 0.1) is 5.92 Å². The van der Waals surface area contributed by atoms with E-state index >= 15 is 0 Å². The molecule has 1 aromatic carbocycles. The minimum absolute atomic E-state index is 0.0702. The number of carboxylic acid groups (broad SMARTS) is 1. The molecule has 76 valence electrons. The first-order chi connectivity index (χ1) is 6.54. The molecule has 3 heteroatoms. The maximum absolute atomic E-state index is 11.1. The molecular formula is C11H14O2S.